The van der Waals surface area contributed by atoms with E-state index < -0.39 is 15.8 Å². The first kappa shape index (κ1) is 19.5. The molecule has 0 spiro atoms. The molecular weight excluding hydrogens is 406 g/mol. The summed E-state index contributed by atoms with van der Waals surface area (Å²) >= 11 is 0. The first-order valence-electron chi connectivity index (χ1n) is 8.86. The van der Waals surface area contributed by atoms with E-state index in [1.165, 1.54) is 25.6 Å². The van der Waals surface area contributed by atoms with Gasteiger partial charge in [-0.1, -0.05) is 30.3 Å². The number of ether oxygens (including phenoxy) is 1. The molecule has 0 aliphatic heterocycles. The number of carbonyl (C=O) groups excluding carboxylic acids is 1. The highest BCUT2D eigenvalue weighted by atomic mass is 32.2. The highest BCUT2D eigenvalue weighted by Gasteiger charge is 2.26. The summed E-state index contributed by atoms with van der Waals surface area (Å²) in [5.41, 5.74) is 7.53. The highest BCUT2D eigenvalue weighted by Crippen LogP contribution is 2.26. The molecule has 0 unspecified atom stereocenters. The zero-order chi connectivity index (χ0) is 21.3. The predicted molar refractivity (Wildman–Crippen MR) is 109 cm³/mol. The van der Waals surface area contributed by atoms with Crippen LogP contribution in [-0.4, -0.2) is 41.0 Å². The van der Waals surface area contributed by atoms with E-state index in [-0.39, 0.29) is 21.4 Å². The number of esters is 1. The van der Waals surface area contributed by atoms with Gasteiger partial charge in [-0.15, -0.1) is 0 Å². The Labute approximate surface area is 172 Å². The first-order chi connectivity index (χ1) is 14.4. The van der Waals surface area contributed by atoms with E-state index in [0.29, 0.717) is 17.8 Å². The van der Waals surface area contributed by atoms with Crippen LogP contribution >= 0.6 is 0 Å². The molecule has 0 fully saturated rings. The number of hydrogen-bond acceptors (Lipinski definition) is 8. The van der Waals surface area contributed by atoms with Crippen LogP contribution in [0.4, 0.5) is 5.95 Å². The minimum absolute atomic E-state index is 0.0948. The van der Waals surface area contributed by atoms with Crippen LogP contribution < -0.4 is 5.73 Å². The second-order valence-corrected chi connectivity index (χ2v) is 8.30. The largest absolute Gasteiger partial charge is 0.465 e. The number of methoxy groups -OCH3 is 1. The van der Waals surface area contributed by atoms with Gasteiger partial charge in [-0.25, -0.2) is 18.2 Å². The fraction of sp³-hybridized carbons (Fsp3) is 0.100. The van der Waals surface area contributed by atoms with Crippen molar-refractivity contribution >= 4 is 32.9 Å². The van der Waals surface area contributed by atoms with Crippen molar-refractivity contribution in [2.75, 3.05) is 12.8 Å². The molecule has 0 aliphatic rings. The van der Waals surface area contributed by atoms with Gasteiger partial charge in [-0.2, -0.15) is 9.97 Å². The fourth-order valence-electron chi connectivity index (χ4n) is 3.01. The molecule has 30 heavy (non-hydrogen) atoms. The Balaban J connectivity index is 1.75. The summed E-state index contributed by atoms with van der Waals surface area (Å²) in [4.78, 5) is 24.1. The molecule has 2 aromatic carbocycles. The lowest BCUT2D eigenvalue weighted by molar-refractivity contribution is 0.0600. The molecule has 0 aliphatic carbocycles. The topological polar surface area (TPSA) is 130 Å². The number of carbonyl (C=O) groups is 1. The van der Waals surface area contributed by atoms with Crippen molar-refractivity contribution in [2.24, 2.45) is 0 Å². The van der Waals surface area contributed by atoms with Crippen LogP contribution in [0.2, 0.25) is 0 Å². The Kier molecular flexibility index (Phi) is 4.92. The number of aromatic nitrogens is 4. The third kappa shape index (κ3) is 3.48. The average molecular weight is 423 g/mol. The minimum atomic E-state index is -3.92. The maximum atomic E-state index is 13.1. The summed E-state index contributed by atoms with van der Waals surface area (Å²) in [6.45, 7) is 0.346. The summed E-state index contributed by atoms with van der Waals surface area (Å²) in [7, 11) is -2.61. The van der Waals surface area contributed by atoms with Gasteiger partial charge in [-0.05, 0) is 29.8 Å². The second-order valence-electron chi connectivity index (χ2n) is 6.44. The van der Waals surface area contributed by atoms with Gasteiger partial charge in [0.05, 0.1) is 30.4 Å². The molecule has 0 saturated carbocycles. The summed E-state index contributed by atoms with van der Waals surface area (Å²) in [6, 6.07) is 14.8. The van der Waals surface area contributed by atoms with E-state index in [2.05, 4.69) is 15.0 Å². The zero-order valence-electron chi connectivity index (χ0n) is 15.9. The van der Waals surface area contributed by atoms with Crippen molar-refractivity contribution in [3.05, 3.63) is 72.1 Å². The van der Waals surface area contributed by atoms with Crippen molar-refractivity contribution in [3.63, 3.8) is 0 Å². The van der Waals surface area contributed by atoms with E-state index in [1.807, 2.05) is 0 Å². The maximum Gasteiger partial charge on any atom is 0.337 e. The first-order valence-corrected chi connectivity index (χ1v) is 10.3. The fourth-order valence-corrected chi connectivity index (χ4v) is 4.36. The molecule has 2 heterocycles. The summed E-state index contributed by atoms with van der Waals surface area (Å²) < 4.78 is 32.5. The number of nitrogen functional groups attached to an aromatic ring is 1. The molecule has 0 saturated heterocycles. The molecule has 9 nitrogen and oxygen atoms in total. The predicted octanol–water partition coefficient (Wildman–Crippen LogP) is 2.08. The standard InChI is InChI=1S/C20H17N5O4S/c1-29-19(26)14-9-7-13(8-10-14)11-25-12-22-16-17(25)23-20(21)24-18(16)30(27,28)15-5-3-2-4-6-15/h2-10,12H,11H2,1H3,(H2,21,23,24). The van der Waals surface area contributed by atoms with Crippen molar-refractivity contribution < 1.29 is 17.9 Å². The van der Waals surface area contributed by atoms with Gasteiger partial charge in [-0.3, -0.25) is 0 Å². The van der Waals surface area contributed by atoms with Crippen molar-refractivity contribution in [1.82, 2.24) is 19.5 Å². The SMILES string of the molecule is COC(=O)c1ccc(Cn2cnc3c(S(=O)(=O)c4ccccc4)nc(N)nc32)cc1. The smallest absolute Gasteiger partial charge is 0.337 e. The molecule has 4 rings (SSSR count). The third-order valence-electron chi connectivity index (χ3n) is 4.49. The average Bonchev–Trinajstić information content (AvgIpc) is 3.16. The van der Waals surface area contributed by atoms with Crippen LogP contribution in [0.25, 0.3) is 11.2 Å². The summed E-state index contributed by atoms with van der Waals surface area (Å²) in [6.07, 6.45) is 1.48. The normalized spacial score (nSPS) is 11.5. The number of nitrogens with zero attached hydrogens (tertiary/aromatic N) is 4. The molecule has 2 aromatic heterocycles. The number of nitrogens with two attached hydrogens (primary N) is 1. The Hall–Kier alpha value is -3.79. The van der Waals surface area contributed by atoms with Gasteiger partial charge in [0.25, 0.3) is 0 Å². The van der Waals surface area contributed by atoms with Crippen LogP contribution in [-0.2, 0) is 21.1 Å². The lowest BCUT2D eigenvalue weighted by atomic mass is 10.1. The Bertz CT molecular complexity index is 1330. The molecule has 10 heteroatoms. The molecule has 2 N–H and O–H groups in total. The number of rotatable bonds is 5. The van der Waals surface area contributed by atoms with Crippen LogP contribution in [0, 0.1) is 0 Å². The van der Waals surface area contributed by atoms with Crippen LogP contribution in [0.3, 0.4) is 0 Å². The molecule has 0 amide bonds. The van der Waals surface area contributed by atoms with Crippen molar-refractivity contribution in [2.45, 2.75) is 16.5 Å². The van der Waals surface area contributed by atoms with E-state index in [9.17, 15) is 13.2 Å². The van der Waals surface area contributed by atoms with E-state index in [0.717, 1.165) is 5.56 Å². The number of anilines is 1. The maximum absolute atomic E-state index is 13.1. The number of benzene rings is 2. The Morgan fingerprint density at radius 3 is 2.43 bits per heavy atom. The molecule has 0 atom stereocenters. The van der Waals surface area contributed by atoms with Gasteiger partial charge in [0, 0.05) is 0 Å². The molecule has 0 radical (unpaired) electrons. The highest BCUT2D eigenvalue weighted by molar-refractivity contribution is 7.91. The van der Waals surface area contributed by atoms with Crippen LogP contribution in [0.5, 0.6) is 0 Å². The summed E-state index contributed by atoms with van der Waals surface area (Å²) in [5.74, 6) is -0.592. The quantitative estimate of drug-likeness (QED) is 0.381. The molecular formula is C20H17N5O4S. The zero-order valence-corrected chi connectivity index (χ0v) is 16.7. The van der Waals surface area contributed by atoms with Gasteiger partial charge in [0.2, 0.25) is 15.8 Å². The second kappa shape index (κ2) is 7.56. The number of fused-ring (bicyclic) bond motifs is 1. The van der Waals surface area contributed by atoms with Gasteiger partial charge in [0.1, 0.15) is 5.52 Å². The molecule has 152 valence electrons. The number of sulfone groups is 1. The van der Waals surface area contributed by atoms with Crippen LogP contribution in [0.1, 0.15) is 15.9 Å². The lowest BCUT2D eigenvalue weighted by Crippen LogP contribution is -2.10. The van der Waals surface area contributed by atoms with E-state index >= 15 is 0 Å². The Morgan fingerprint density at radius 1 is 1.07 bits per heavy atom. The van der Waals surface area contributed by atoms with Crippen molar-refractivity contribution in [3.8, 4) is 0 Å². The summed E-state index contributed by atoms with van der Waals surface area (Å²) in [5, 5.41) is -0.240. The monoisotopic (exact) mass is 423 g/mol. The number of imidazole rings is 1. The third-order valence-corrected chi connectivity index (χ3v) is 6.17. The van der Waals surface area contributed by atoms with E-state index in [4.69, 9.17) is 10.5 Å². The van der Waals surface area contributed by atoms with Crippen LogP contribution in [0.15, 0.2) is 70.8 Å². The molecule has 4 aromatic rings. The Morgan fingerprint density at radius 2 is 1.77 bits per heavy atom. The van der Waals surface area contributed by atoms with Crippen molar-refractivity contribution in [1.29, 1.82) is 0 Å². The number of hydrogen-bond donors (Lipinski definition) is 1. The minimum Gasteiger partial charge on any atom is -0.465 e. The van der Waals surface area contributed by atoms with Gasteiger partial charge in [0.15, 0.2) is 10.7 Å². The van der Waals surface area contributed by atoms with Gasteiger partial charge < -0.3 is 15.0 Å². The lowest BCUT2D eigenvalue weighted by Gasteiger charge is -2.08. The van der Waals surface area contributed by atoms with E-state index in [1.54, 1.807) is 47.0 Å². The van der Waals surface area contributed by atoms with Gasteiger partial charge >= 0.3 is 5.97 Å². The molecule has 0 bridgehead atoms.